The zero-order valence-electron chi connectivity index (χ0n) is 14.0. The fourth-order valence-corrected chi connectivity index (χ4v) is 2.39. The van der Waals surface area contributed by atoms with Crippen LogP contribution in [0.25, 0.3) is 0 Å². The standard InChI is InChI=1S/C19H18N4O2/c1-22(17(24)14-9-5-3-6-10-14)16-13-20-19(21-16)23(2)18(25)15-11-7-4-8-12-15/h3-13H,1-2H3,(H,20,21). The van der Waals surface area contributed by atoms with E-state index in [0.29, 0.717) is 22.9 Å². The number of hydrogen-bond donors (Lipinski definition) is 1. The fourth-order valence-electron chi connectivity index (χ4n) is 2.39. The minimum atomic E-state index is -0.182. The molecule has 0 radical (unpaired) electrons. The van der Waals surface area contributed by atoms with Crippen molar-refractivity contribution in [1.29, 1.82) is 0 Å². The minimum Gasteiger partial charge on any atom is -0.328 e. The summed E-state index contributed by atoms with van der Waals surface area (Å²) in [6.45, 7) is 0. The summed E-state index contributed by atoms with van der Waals surface area (Å²) in [7, 11) is 3.28. The lowest BCUT2D eigenvalue weighted by molar-refractivity contribution is 0.0985. The van der Waals surface area contributed by atoms with Gasteiger partial charge in [-0.15, -0.1) is 0 Å². The summed E-state index contributed by atoms with van der Waals surface area (Å²) in [6, 6.07) is 17.9. The molecule has 0 aliphatic carbocycles. The smallest absolute Gasteiger partial charge is 0.260 e. The van der Waals surface area contributed by atoms with E-state index < -0.39 is 0 Å². The Bertz CT molecular complexity index is 803. The number of H-pyrrole nitrogens is 1. The normalized spacial score (nSPS) is 10.3. The van der Waals surface area contributed by atoms with E-state index >= 15 is 0 Å². The van der Waals surface area contributed by atoms with Crippen molar-refractivity contribution in [3.63, 3.8) is 0 Å². The van der Waals surface area contributed by atoms with E-state index in [1.54, 1.807) is 56.7 Å². The SMILES string of the molecule is CN(C(=O)c1ccccc1)c1c[nH]c(N(C)C(=O)c2ccccc2)n1. The summed E-state index contributed by atoms with van der Waals surface area (Å²) in [5.74, 6) is 0.461. The van der Waals surface area contributed by atoms with Gasteiger partial charge in [0.1, 0.15) is 0 Å². The largest absolute Gasteiger partial charge is 0.328 e. The van der Waals surface area contributed by atoms with Crippen LogP contribution in [0.1, 0.15) is 20.7 Å². The lowest BCUT2D eigenvalue weighted by Crippen LogP contribution is -2.28. The number of imidazole rings is 1. The Morgan fingerprint density at radius 2 is 1.28 bits per heavy atom. The number of benzene rings is 2. The molecule has 2 amide bonds. The van der Waals surface area contributed by atoms with E-state index in [2.05, 4.69) is 9.97 Å². The van der Waals surface area contributed by atoms with E-state index in [1.165, 1.54) is 9.80 Å². The molecule has 1 aromatic heterocycles. The molecular weight excluding hydrogens is 316 g/mol. The van der Waals surface area contributed by atoms with Crippen LogP contribution in [0.5, 0.6) is 0 Å². The maximum atomic E-state index is 12.5. The van der Waals surface area contributed by atoms with Gasteiger partial charge in [-0.05, 0) is 24.3 Å². The molecule has 0 atom stereocenters. The van der Waals surface area contributed by atoms with Gasteiger partial charge in [-0.1, -0.05) is 36.4 Å². The molecule has 0 saturated carbocycles. The second-order valence-electron chi connectivity index (χ2n) is 5.54. The van der Waals surface area contributed by atoms with Gasteiger partial charge in [-0.25, -0.2) is 0 Å². The van der Waals surface area contributed by atoms with Gasteiger partial charge in [0.25, 0.3) is 11.8 Å². The Morgan fingerprint density at radius 1 is 0.800 bits per heavy atom. The first-order valence-corrected chi connectivity index (χ1v) is 7.79. The summed E-state index contributed by atoms with van der Waals surface area (Å²) in [5.41, 5.74) is 1.14. The lowest BCUT2D eigenvalue weighted by atomic mass is 10.2. The first-order chi connectivity index (χ1) is 12.1. The molecule has 0 aliphatic heterocycles. The average molecular weight is 334 g/mol. The number of carbonyl (C=O) groups excluding carboxylic acids is 2. The molecular formula is C19H18N4O2. The third-order valence-corrected chi connectivity index (χ3v) is 3.86. The van der Waals surface area contributed by atoms with E-state index in [0.717, 1.165) is 0 Å². The van der Waals surface area contributed by atoms with Crippen molar-refractivity contribution in [1.82, 2.24) is 9.97 Å². The Balaban J connectivity index is 1.78. The van der Waals surface area contributed by atoms with E-state index in [9.17, 15) is 9.59 Å². The predicted octanol–water partition coefficient (Wildman–Crippen LogP) is 2.96. The molecule has 2 aromatic carbocycles. The highest BCUT2D eigenvalue weighted by Gasteiger charge is 2.19. The molecule has 0 spiro atoms. The topological polar surface area (TPSA) is 69.3 Å². The minimum absolute atomic E-state index is 0.171. The van der Waals surface area contributed by atoms with Crippen LogP contribution < -0.4 is 9.80 Å². The summed E-state index contributed by atoms with van der Waals surface area (Å²) in [4.78, 5) is 35.1. The quantitative estimate of drug-likeness (QED) is 0.797. The van der Waals surface area contributed by atoms with Crippen molar-refractivity contribution in [3.8, 4) is 0 Å². The van der Waals surface area contributed by atoms with Crippen LogP contribution >= 0.6 is 0 Å². The summed E-state index contributed by atoms with van der Waals surface area (Å²) in [6.07, 6.45) is 1.60. The van der Waals surface area contributed by atoms with Gasteiger partial charge in [-0.2, -0.15) is 4.98 Å². The maximum absolute atomic E-state index is 12.5. The third-order valence-electron chi connectivity index (χ3n) is 3.86. The number of rotatable bonds is 4. The van der Waals surface area contributed by atoms with E-state index in [-0.39, 0.29) is 11.8 Å². The summed E-state index contributed by atoms with van der Waals surface area (Å²) >= 11 is 0. The molecule has 1 heterocycles. The number of hydrogen-bond acceptors (Lipinski definition) is 3. The molecule has 3 aromatic rings. The number of amides is 2. The van der Waals surface area contributed by atoms with Crippen LogP contribution in [-0.4, -0.2) is 35.9 Å². The second-order valence-corrected chi connectivity index (χ2v) is 5.54. The van der Waals surface area contributed by atoms with E-state index in [4.69, 9.17) is 0 Å². The molecule has 126 valence electrons. The second kappa shape index (κ2) is 7.00. The van der Waals surface area contributed by atoms with Crippen molar-refractivity contribution < 1.29 is 9.59 Å². The third kappa shape index (κ3) is 3.42. The number of nitrogens with zero attached hydrogens (tertiary/aromatic N) is 3. The van der Waals surface area contributed by atoms with Crippen molar-refractivity contribution in [3.05, 3.63) is 78.0 Å². The molecule has 0 fully saturated rings. The van der Waals surface area contributed by atoms with Crippen molar-refractivity contribution >= 4 is 23.6 Å². The highest BCUT2D eigenvalue weighted by molar-refractivity contribution is 6.06. The fraction of sp³-hybridized carbons (Fsp3) is 0.105. The number of nitrogens with one attached hydrogen (secondary N) is 1. The maximum Gasteiger partial charge on any atom is 0.260 e. The molecule has 6 nitrogen and oxygen atoms in total. The van der Waals surface area contributed by atoms with Crippen molar-refractivity contribution in [2.75, 3.05) is 23.9 Å². The van der Waals surface area contributed by atoms with Gasteiger partial charge in [0.15, 0.2) is 5.82 Å². The lowest BCUT2D eigenvalue weighted by Gasteiger charge is -2.15. The van der Waals surface area contributed by atoms with Crippen LogP contribution in [0, 0.1) is 0 Å². The highest BCUT2D eigenvalue weighted by atomic mass is 16.2. The molecule has 0 unspecified atom stereocenters. The summed E-state index contributed by atoms with van der Waals surface area (Å²) < 4.78 is 0. The van der Waals surface area contributed by atoms with Gasteiger partial charge < -0.3 is 4.98 Å². The van der Waals surface area contributed by atoms with E-state index in [1.807, 2.05) is 24.3 Å². The van der Waals surface area contributed by atoms with Crippen molar-refractivity contribution in [2.24, 2.45) is 0 Å². The van der Waals surface area contributed by atoms with Gasteiger partial charge in [0.05, 0.1) is 0 Å². The predicted molar refractivity (Wildman–Crippen MR) is 96.9 cm³/mol. The van der Waals surface area contributed by atoms with Gasteiger partial charge in [0, 0.05) is 31.4 Å². The molecule has 25 heavy (non-hydrogen) atoms. The number of aromatic amines is 1. The first-order valence-electron chi connectivity index (χ1n) is 7.79. The highest BCUT2D eigenvalue weighted by Crippen LogP contribution is 2.18. The zero-order chi connectivity index (χ0) is 17.8. The zero-order valence-corrected chi connectivity index (χ0v) is 14.0. The Hall–Kier alpha value is -3.41. The van der Waals surface area contributed by atoms with Crippen LogP contribution in [-0.2, 0) is 0 Å². The Labute approximate surface area is 145 Å². The number of aromatic nitrogens is 2. The van der Waals surface area contributed by atoms with Gasteiger partial charge >= 0.3 is 0 Å². The van der Waals surface area contributed by atoms with Crippen LogP contribution in [0.3, 0.4) is 0 Å². The molecule has 6 heteroatoms. The van der Waals surface area contributed by atoms with Gasteiger partial charge in [-0.3, -0.25) is 19.4 Å². The Kier molecular flexibility index (Phi) is 4.61. The number of anilines is 2. The van der Waals surface area contributed by atoms with Gasteiger partial charge in [0.2, 0.25) is 5.95 Å². The van der Waals surface area contributed by atoms with Crippen LogP contribution in [0.15, 0.2) is 66.9 Å². The molecule has 1 N–H and O–H groups in total. The summed E-state index contributed by atoms with van der Waals surface area (Å²) in [5, 5.41) is 0. The molecule has 3 rings (SSSR count). The van der Waals surface area contributed by atoms with Crippen molar-refractivity contribution in [2.45, 2.75) is 0 Å². The first kappa shape index (κ1) is 16.4. The average Bonchev–Trinajstić information content (AvgIpc) is 3.17. The molecule has 0 bridgehead atoms. The van der Waals surface area contributed by atoms with Crippen LogP contribution in [0.4, 0.5) is 11.8 Å². The molecule has 0 aliphatic rings. The monoisotopic (exact) mass is 334 g/mol. The molecule has 0 saturated heterocycles. The Morgan fingerprint density at radius 3 is 1.80 bits per heavy atom. The number of carbonyl (C=O) groups is 2. The van der Waals surface area contributed by atoms with Crippen LogP contribution in [0.2, 0.25) is 0 Å².